The second kappa shape index (κ2) is 6.90. The fourth-order valence-corrected chi connectivity index (χ4v) is 3.92. The lowest BCUT2D eigenvalue weighted by atomic mass is 9.91. The minimum atomic E-state index is 0.0441. The van der Waals surface area contributed by atoms with E-state index in [9.17, 15) is 4.79 Å². The Bertz CT molecular complexity index is 928. The number of fused-ring (bicyclic) bond motifs is 1. The fourth-order valence-electron chi connectivity index (χ4n) is 3.92. The molecule has 4 rings (SSSR count). The number of hydrogen-bond acceptors (Lipinski definition) is 4. The molecule has 0 N–H and O–H groups in total. The van der Waals surface area contributed by atoms with Crippen molar-refractivity contribution in [1.82, 2.24) is 15.0 Å². The van der Waals surface area contributed by atoms with Gasteiger partial charge in [0.2, 0.25) is 0 Å². The van der Waals surface area contributed by atoms with Crippen LogP contribution in [0.15, 0.2) is 41.1 Å². The molecule has 5 nitrogen and oxygen atoms in total. The number of benzene rings is 1. The number of amides is 1. The zero-order chi connectivity index (χ0) is 18.1. The second-order valence-corrected chi connectivity index (χ2v) is 7.20. The first-order valence-electron chi connectivity index (χ1n) is 9.17. The van der Waals surface area contributed by atoms with Crippen molar-refractivity contribution in [3.05, 3.63) is 59.1 Å². The van der Waals surface area contributed by atoms with Crippen LogP contribution in [-0.4, -0.2) is 34.0 Å². The Labute approximate surface area is 153 Å². The van der Waals surface area contributed by atoms with E-state index < -0.39 is 0 Å². The molecule has 3 aromatic rings. The van der Waals surface area contributed by atoms with Gasteiger partial charge in [0.15, 0.2) is 0 Å². The van der Waals surface area contributed by atoms with Crippen LogP contribution in [0.3, 0.4) is 0 Å². The fraction of sp³-hybridized carbons (Fsp3) is 0.381. The standard InChI is InChI=1S/C21H23N3O2/c1-14-20(15(2)26-23-14)21(25)24-9-5-6-16(13-24)10-17-11-18-7-3-4-8-19(18)22-12-17/h3-4,7-8,11-12,16H,5-6,9-10,13H2,1-2H3/t16-/m1/s1. The van der Waals surface area contributed by atoms with Crippen LogP contribution in [0, 0.1) is 19.8 Å². The normalized spacial score (nSPS) is 17.6. The SMILES string of the molecule is Cc1noc(C)c1C(=O)N1CCC[C@H](Cc2cnc3ccccc3c2)C1. The minimum Gasteiger partial charge on any atom is -0.361 e. The topological polar surface area (TPSA) is 59.2 Å². The molecule has 1 amide bonds. The lowest BCUT2D eigenvalue weighted by Crippen LogP contribution is -2.40. The molecule has 5 heteroatoms. The quantitative estimate of drug-likeness (QED) is 0.719. The maximum Gasteiger partial charge on any atom is 0.259 e. The molecule has 26 heavy (non-hydrogen) atoms. The molecule has 0 radical (unpaired) electrons. The molecule has 0 unspecified atom stereocenters. The van der Waals surface area contributed by atoms with E-state index in [2.05, 4.69) is 22.3 Å². The van der Waals surface area contributed by atoms with Crippen LogP contribution in [0.2, 0.25) is 0 Å². The van der Waals surface area contributed by atoms with E-state index >= 15 is 0 Å². The van der Waals surface area contributed by atoms with Crippen molar-refractivity contribution >= 4 is 16.8 Å². The van der Waals surface area contributed by atoms with E-state index in [1.54, 1.807) is 6.92 Å². The van der Waals surface area contributed by atoms with E-state index in [0.29, 0.717) is 22.9 Å². The monoisotopic (exact) mass is 349 g/mol. The zero-order valence-corrected chi connectivity index (χ0v) is 15.2. The molecule has 1 aliphatic heterocycles. The molecule has 1 atom stereocenters. The van der Waals surface area contributed by atoms with Crippen molar-refractivity contribution in [2.75, 3.05) is 13.1 Å². The van der Waals surface area contributed by atoms with E-state index in [-0.39, 0.29) is 5.91 Å². The summed E-state index contributed by atoms with van der Waals surface area (Å²) in [5.41, 5.74) is 3.56. The third-order valence-electron chi connectivity index (χ3n) is 5.22. The maximum absolute atomic E-state index is 12.9. The molecule has 1 fully saturated rings. The average molecular weight is 349 g/mol. The van der Waals surface area contributed by atoms with Gasteiger partial charge in [0.25, 0.3) is 5.91 Å². The summed E-state index contributed by atoms with van der Waals surface area (Å²) in [7, 11) is 0. The van der Waals surface area contributed by atoms with Gasteiger partial charge in [-0.1, -0.05) is 23.4 Å². The Morgan fingerprint density at radius 3 is 2.96 bits per heavy atom. The number of pyridine rings is 1. The Morgan fingerprint density at radius 2 is 2.15 bits per heavy atom. The van der Waals surface area contributed by atoms with Gasteiger partial charge < -0.3 is 9.42 Å². The van der Waals surface area contributed by atoms with Gasteiger partial charge in [0, 0.05) is 24.7 Å². The molecular weight excluding hydrogens is 326 g/mol. The van der Waals surface area contributed by atoms with Gasteiger partial charge in [-0.15, -0.1) is 0 Å². The first-order chi connectivity index (χ1) is 12.6. The molecule has 1 saturated heterocycles. The van der Waals surface area contributed by atoms with Crippen molar-refractivity contribution in [1.29, 1.82) is 0 Å². The first kappa shape index (κ1) is 16.8. The maximum atomic E-state index is 12.9. The number of aromatic nitrogens is 2. The average Bonchev–Trinajstić information content (AvgIpc) is 2.99. The van der Waals surface area contributed by atoms with Crippen molar-refractivity contribution in [3.63, 3.8) is 0 Å². The van der Waals surface area contributed by atoms with Gasteiger partial charge in [-0.3, -0.25) is 9.78 Å². The summed E-state index contributed by atoms with van der Waals surface area (Å²) in [6, 6.07) is 10.4. The van der Waals surface area contributed by atoms with Crippen LogP contribution in [0.1, 0.15) is 40.2 Å². The number of carbonyl (C=O) groups is 1. The minimum absolute atomic E-state index is 0.0441. The van der Waals surface area contributed by atoms with Gasteiger partial charge in [-0.2, -0.15) is 0 Å². The Morgan fingerprint density at radius 1 is 1.31 bits per heavy atom. The molecule has 3 heterocycles. The third kappa shape index (κ3) is 3.21. The third-order valence-corrected chi connectivity index (χ3v) is 5.22. The predicted molar refractivity (Wildman–Crippen MR) is 100 cm³/mol. The van der Waals surface area contributed by atoms with Crippen LogP contribution in [-0.2, 0) is 6.42 Å². The number of aryl methyl sites for hydroxylation is 2. The zero-order valence-electron chi connectivity index (χ0n) is 15.2. The van der Waals surface area contributed by atoms with E-state index in [4.69, 9.17) is 4.52 Å². The highest BCUT2D eigenvalue weighted by atomic mass is 16.5. The Balaban J connectivity index is 1.48. The molecule has 1 aromatic carbocycles. The number of likely N-dealkylation sites (tertiary alicyclic amines) is 1. The van der Waals surface area contributed by atoms with Crippen LogP contribution in [0.5, 0.6) is 0 Å². The molecule has 2 aromatic heterocycles. The molecular formula is C21H23N3O2. The number of carbonyl (C=O) groups excluding carboxylic acids is 1. The highest BCUT2D eigenvalue weighted by Crippen LogP contribution is 2.25. The predicted octanol–water partition coefficient (Wildman–Crippen LogP) is 3.93. The summed E-state index contributed by atoms with van der Waals surface area (Å²) in [5, 5.41) is 5.09. The van der Waals surface area contributed by atoms with Crippen LogP contribution >= 0.6 is 0 Å². The van der Waals surface area contributed by atoms with E-state index in [1.807, 2.05) is 36.2 Å². The molecule has 0 spiro atoms. The lowest BCUT2D eigenvalue weighted by molar-refractivity contribution is 0.0671. The Kier molecular flexibility index (Phi) is 4.45. The Hall–Kier alpha value is -2.69. The van der Waals surface area contributed by atoms with Crippen LogP contribution < -0.4 is 0 Å². The molecule has 0 saturated carbocycles. The van der Waals surface area contributed by atoms with Crippen molar-refractivity contribution in [2.24, 2.45) is 5.92 Å². The first-order valence-corrected chi connectivity index (χ1v) is 9.17. The molecule has 0 bridgehead atoms. The molecule has 1 aliphatic rings. The summed E-state index contributed by atoms with van der Waals surface area (Å²) in [4.78, 5) is 19.4. The van der Waals surface area contributed by atoms with Gasteiger partial charge in [0.1, 0.15) is 11.3 Å². The smallest absolute Gasteiger partial charge is 0.259 e. The van der Waals surface area contributed by atoms with Crippen molar-refractivity contribution < 1.29 is 9.32 Å². The number of rotatable bonds is 3. The van der Waals surface area contributed by atoms with E-state index in [0.717, 1.165) is 37.9 Å². The summed E-state index contributed by atoms with van der Waals surface area (Å²) >= 11 is 0. The largest absolute Gasteiger partial charge is 0.361 e. The lowest BCUT2D eigenvalue weighted by Gasteiger charge is -2.33. The highest BCUT2D eigenvalue weighted by molar-refractivity contribution is 5.96. The number of nitrogens with zero attached hydrogens (tertiary/aromatic N) is 3. The molecule has 0 aliphatic carbocycles. The summed E-state index contributed by atoms with van der Waals surface area (Å²) in [6.07, 6.45) is 5.08. The summed E-state index contributed by atoms with van der Waals surface area (Å²) < 4.78 is 5.16. The second-order valence-electron chi connectivity index (χ2n) is 7.20. The summed E-state index contributed by atoms with van der Waals surface area (Å²) in [5.74, 6) is 1.10. The van der Waals surface area contributed by atoms with E-state index in [1.165, 1.54) is 10.9 Å². The van der Waals surface area contributed by atoms with Gasteiger partial charge in [0.05, 0.1) is 11.2 Å². The van der Waals surface area contributed by atoms with Gasteiger partial charge >= 0.3 is 0 Å². The summed E-state index contributed by atoms with van der Waals surface area (Å²) in [6.45, 7) is 5.20. The van der Waals surface area contributed by atoms with Gasteiger partial charge in [-0.25, -0.2) is 0 Å². The number of hydrogen-bond donors (Lipinski definition) is 0. The van der Waals surface area contributed by atoms with Crippen molar-refractivity contribution in [2.45, 2.75) is 33.1 Å². The highest BCUT2D eigenvalue weighted by Gasteiger charge is 2.28. The number of piperidine rings is 1. The van der Waals surface area contributed by atoms with Gasteiger partial charge in [-0.05, 0) is 56.7 Å². The van der Waals surface area contributed by atoms with Crippen molar-refractivity contribution in [3.8, 4) is 0 Å². The van der Waals surface area contributed by atoms with Crippen LogP contribution in [0.25, 0.3) is 10.9 Å². The number of para-hydroxylation sites is 1. The van der Waals surface area contributed by atoms with Crippen LogP contribution in [0.4, 0.5) is 0 Å². The molecule has 134 valence electrons.